The van der Waals surface area contributed by atoms with Crippen molar-refractivity contribution in [3.05, 3.63) is 40.9 Å². The summed E-state index contributed by atoms with van der Waals surface area (Å²) in [5, 5.41) is 5.47. The summed E-state index contributed by atoms with van der Waals surface area (Å²) in [6.07, 6.45) is 1.10. The number of rotatable bonds is 8. The molecule has 0 atom stereocenters. The van der Waals surface area contributed by atoms with E-state index < -0.39 is 0 Å². The molecule has 1 amide bonds. The molecular formula is C17H23N3O2S. The van der Waals surface area contributed by atoms with Crippen LogP contribution in [0.5, 0.6) is 5.75 Å². The molecule has 2 rings (SSSR count). The number of carbonyl (C=O) groups excluding carboxylic acids is 1. The van der Waals surface area contributed by atoms with Gasteiger partial charge in [0.2, 0.25) is 5.91 Å². The van der Waals surface area contributed by atoms with Crippen molar-refractivity contribution in [2.45, 2.75) is 26.3 Å². The lowest BCUT2D eigenvalue weighted by Gasteiger charge is -2.08. The Morgan fingerprint density at radius 3 is 2.87 bits per heavy atom. The molecule has 1 aromatic heterocycles. The van der Waals surface area contributed by atoms with Crippen molar-refractivity contribution in [1.82, 2.24) is 9.88 Å². The van der Waals surface area contributed by atoms with E-state index in [1.54, 1.807) is 0 Å². The van der Waals surface area contributed by atoms with Crippen LogP contribution in [0.4, 0.5) is 5.13 Å². The number of hydrogen-bond acceptors (Lipinski definition) is 5. The quantitative estimate of drug-likeness (QED) is 0.753. The van der Waals surface area contributed by atoms with E-state index in [1.165, 1.54) is 11.3 Å². The third-order valence-electron chi connectivity index (χ3n) is 3.18. The first-order chi connectivity index (χ1) is 11.0. The summed E-state index contributed by atoms with van der Waals surface area (Å²) in [5.74, 6) is 0.852. The lowest BCUT2D eigenvalue weighted by molar-refractivity contribution is -0.116. The van der Waals surface area contributed by atoms with Crippen LogP contribution in [0.1, 0.15) is 24.1 Å². The summed E-state index contributed by atoms with van der Waals surface area (Å²) in [6, 6.07) is 7.88. The van der Waals surface area contributed by atoms with Crippen molar-refractivity contribution < 1.29 is 9.53 Å². The number of thiazole rings is 1. The molecule has 0 fully saturated rings. The number of ether oxygens (including phenoxy) is 1. The number of amides is 1. The van der Waals surface area contributed by atoms with Gasteiger partial charge in [-0.05, 0) is 39.1 Å². The van der Waals surface area contributed by atoms with E-state index in [9.17, 15) is 4.79 Å². The lowest BCUT2D eigenvalue weighted by atomic mass is 10.2. The third-order valence-corrected chi connectivity index (χ3v) is 3.98. The van der Waals surface area contributed by atoms with Crippen LogP contribution in [0.2, 0.25) is 0 Å². The Bertz CT molecular complexity index is 640. The topological polar surface area (TPSA) is 54.5 Å². The zero-order chi connectivity index (χ0) is 16.7. The van der Waals surface area contributed by atoms with Crippen LogP contribution in [0, 0.1) is 6.92 Å². The molecule has 23 heavy (non-hydrogen) atoms. The molecule has 1 aromatic carbocycles. The Kier molecular flexibility index (Phi) is 6.55. The summed E-state index contributed by atoms with van der Waals surface area (Å²) in [4.78, 5) is 18.3. The molecule has 0 aliphatic rings. The van der Waals surface area contributed by atoms with Gasteiger partial charge in [-0.1, -0.05) is 18.2 Å². The van der Waals surface area contributed by atoms with Crippen LogP contribution in [0.25, 0.3) is 0 Å². The van der Waals surface area contributed by atoms with Gasteiger partial charge in [-0.3, -0.25) is 4.79 Å². The highest BCUT2D eigenvalue weighted by molar-refractivity contribution is 7.13. The van der Waals surface area contributed by atoms with E-state index >= 15 is 0 Å². The molecule has 0 saturated heterocycles. The van der Waals surface area contributed by atoms with Gasteiger partial charge in [-0.15, -0.1) is 11.3 Å². The van der Waals surface area contributed by atoms with Gasteiger partial charge in [0.15, 0.2) is 5.13 Å². The maximum Gasteiger partial charge on any atom is 0.226 e. The largest absolute Gasteiger partial charge is 0.493 e. The molecule has 6 heteroatoms. The number of nitrogens with zero attached hydrogens (tertiary/aromatic N) is 2. The van der Waals surface area contributed by atoms with Gasteiger partial charge in [0, 0.05) is 18.3 Å². The minimum Gasteiger partial charge on any atom is -0.493 e. The van der Waals surface area contributed by atoms with E-state index in [0.717, 1.165) is 23.6 Å². The Morgan fingerprint density at radius 2 is 2.13 bits per heavy atom. The molecule has 1 N–H and O–H groups in total. The molecule has 1 heterocycles. The van der Waals surface area contributed by atoms with Crippen LogP contribution < -0.4 is 10.1 Å². The highest BCUT2D eigenvalue weighted by atomic mass is 32.1. The highest BCUT2D eigenvalue weighted by Gasteiger charge is 2.07. The van der Waals surface area contributed by atoms with Gasteiger partial charge in [-0.2, -0.15) is 0 Å². The smallest absolute Gasteiger partial charge is 0.226 e. The minimum atomic E-state index is -0.0239. The molecule has 0 saturated carbocycles. The van der Waals surface area contributed by atoms with Crippen molar-refractivity contribution in [3.63, 3.8) is 0 Å². The molecule has 0 aliphatic heterocycles. The Labute approximate surface area is 141 Å². The molecule has 0 spiro atoms. The standard InChI is InChI=1S/C17H23N3O2S/c1-13-7-4-5-8-15(13)22-10-6-9-16(21)19-17-18-14(12-23-17)11-20(2)3/h4-5,7-8,12H,6,9-11H2,1-3H3,(H,18,19,21). The van der Waals surface area contributed by atoms with E-state index in [2.05, 4.69) is 10.3 Å². The fraction of sp³-hybridized carbons (Fsp3) is 0.412. The number of aryl methyl sites for hydroxylation is 1. The minimum absolute atomic E-state index is 0.0239. The fourth-order valence-corrected chi connectivity index (χ4v) is 2.79. The maximum atomic E-state index is 11.9. The van der Waals surface area contributed by atoms with Crippen LogP contribution in [0.15, 0.2) is 29.6 Å². The first-order valence-corrected chi connectivity index (χ1v) is 8.50. The summed E-state index contributed by atoms with van der Waals surface area (Å²) in [7, 11) is 3.98. The van der Waals surface area contributed by atoms with E-state index in [0.29, 0.717) is 24.6 Å². The first kappa shape index (κ1) is 17.4. The van der Waals surface area contributed by atoms with Crippen LogP contribution in [-0.2, 0) is 11.3 Å². The van der Waals surface area contributed by atoms with Crippen molar-refractivity contribution >= 4 is 22.4 Å². The van der Waals surface area contributed by atoms with Crippen LogP contribution >= 0.6 is 11.3 Å². The van der Waals surface area contributed by atoms with Crippen LogP contribution in [-0.4, -0.2) is 36.5 Å². The van der Waals surface area contributed by atoms with Crippen molar-refractivity contribution in [2.24, 2.45) is 0 Å². The molecule has 124 valence electrons. The summed E-state index contributed by atoms with van der Waals surface area (Å²) < 4.78 is 5.69. The van der Waals surface area contributed by atoms with Crippen molar-refractivity contribution in [2.75, 3.05) is 26.0 Å². The molecule has 0 aliphatic carbocycles. The molecular weight excluding hydrogens is 310 g/mol. The van der Waals surface area contributed by atoms with E-state index in [-0.39, 0.29) is 5.91 Å². The van der Waals surface area contributed by atoms with E-state index in [4.69, 9.17) is 4.74 Å². The van der Waals surface area contributed by atoms with Gasteiger partial charge in [0.1, 0.15) is 5.75 Å². The number of anilines is 1. The monoisotopic (exact) mass is 333 g/mol. The zero-order valence-electron chi connectivity index (χ0n) is 13.8. The number of benzene rings is 1. The van der Waals surface area contributed by atoms with Gasteiger partial charge in [-0.25, -0.2) is 4.98 Å². The average molecular weight is 333 g/mol. The molecule has 0 unspecified atom stereocenters. The maximum absolute atomic E-state index is 11.9. The molecule has 0 bridgehead atoms. The summed E-state index contributed by atoms with van der Waals surface area (Å²) >= 11 is 1.46. The second kappa shape index (κ2) is 8.64. The number of para-hydroxylation sites is 1. The highest BCUT2D eigenvalue weighted by Crippen LogP contribution is 2.18. The predicted octanol–water partition coefficient (Wildman–Crippen LogP) is 3.31. The molecule has 0 radical (unpaired) electrons. The van der Waals surface area contributed by atoms with Crippen molar-refractivity contribution in [1.29, 1.82) is 0 Å². The number of hydrogen-bond donors (Lipinski definition) is 1. The molecule has 5 nitrogen and oxygen atoms in total. The van der Waals surface area contributed by atoms with Gasteiger partial charge < -0.3 is 15.0 Å². The second-order valence-electron chi connectivity index (χ2n) is 5.65. The predicted molar refractivity (Wildman–Crippen MR) is 94.0 cm³/mol. The number of nitrogens with one attached hydrogen (secondary N) is 1. The van der Waals surface area contributed by atoms with Gasteiger partial charge in [0.05, 0.1) is 12.3 Å². The normalized spacial score (nSPS) is 10.8. The SMILES string of the molecule is Cc1ccccc1OCCCC(=O)Nc1nc(CN(C)C)cs1. The average Bonchev–Trinajstić information content (AvgIpc) is 2.91. The fourth-order valence-electron chi connectivity index (χ4n) is 2.08. The lowest BCUT2D eigenvalue weighted by Crippen LogP contribution is -2.13. The number of carbonyl (C=O) groups is 1. The Morgan fingerprint density at radius 1 is 1.35 bits per heavy atom. The second-order valence-corrected chi connectivity index (χ2v) is 6.51. The van der Waals surface area contributed by atoms with E-state index in [1.807, 2.05) is 55.6 Å². The summed E-state index contributed by atoms with van der Waals surface area (Å²) in [5.41, 5.74) is 2.08. The Balaban J connectivity index is 1.69. The Hall–Kier alpha value is -1.92. The zero-order valence-corrected chi connectivity index (χ0v) is 14.7. The van der Waals surface area contributed by atoms with Gasteiger partial charge >= 0.3 is 0 Å². The first-order valence-electron chi connectivity index (χ1n) is 7.62. The number of aromatic nitrogens is 1. The van der Waals surface area contributed by atoms with Gasteiger partial charge in [0.25, 0.3) is 0 Å². The van der Waals surface area contributed by atoms with Crippen LogP contribution in [0.3, 0.4) is 0 Å². The summed E-state index contributed by atoms with van der Waals surface area (Å²) in [6.45, 7) is 3.31. The van der Waals surface area contributed by atoms with Crippen molar-refractivity contribution in [3.8, 4) is 5.75 Å². The third kappa shape index (κ3) is 6.00. The molecule has 2 aromatic rings.